The number of halogens is 1. The number of hydrogen-bond donors (Lipinski definition) is 1. The molecular formula is C20H30IN5O2S. The van der Waals surface area contributed by atoms with Crippen molar-refractivity contribution in [2.24, 2.45) is 4.99 Å². The van der Waals surface area contributed by atoms with Crippen molar-refractivity contribution in [1.29, 1.82) is 0 Å². The third-order valence-electron chi connectivity index (χ3n) is 4.73. The van der Waals surface area contributed by atoms with E-state index in [1.54, 1.807) is 7.05 Å². The van der Waals surface area contributed by atoms with Crippen molar-refractivity contribution in [2.45, 2.75) is 19.2 Å². The normalized spacial score (nSPS) is 16.3. The molecule has 9 heteroatoms. The lowest BCUT2D eigenvalue weighted by Crippen LogP contribution is -2.52. The molecule has 2 heterocycles. The summed E-state index contributed by atoms with van der Waals surface area (Å²) in [5, 5.41) is 7.43. The molecule has 160 valence electrons. The summed E-state index contributed by atoms with van der Waals surface area (Å²) in [6, 6.07) is 12.0. The molecule has 1 unspecified atom stereocenters. The number of aryl methyl sites for hydroxylation is 1. The highest BCUT2D eigenvalue weighted by molar-refractivity contribution is 14.0. The average Bonchev–Trinajstić information content (AvgIpc) is 3.11. The third kappa shape index (κ3) is 7.71. The van der Waals surface area contributed by atoms with E-state index in [0.29, 0.717) is 18.1 Å². The molecule has 1 N–H and O–H groups in total. The molecule has 1 aliphatic heterocycles. The Hall–Kier alpha value is -1.46. The lowest BCUT2D eigenvalue weighted by atomic mass is 10.2. The summed E-state index contributed by atoms with van der Waals surface area (Å²) in [6.07, 6.45) is 0. The van der Waals surface area contributed by atoms with Crippen molar-refractivity contribution in [3.05, 3.63) is 53.4 Å². The predicted octanol–water partition coefficient (Wildman–Crippen LogP) is 2.24. The van der Waals surface area contributed by atoms with Crippen LogP contribution in [-0.2, 0) is 23.1 Å². The summed E-state index contributed by atoms with van der Waals surface area (Å²) >= 11 is 0. The van der Waals surface area contributed by atoms with Crippen molar-refractivity contribution in [2.75, 3.05) is 45.5 Å². The van der Waals surface area contributed by atoms with Crippen LogP contribution in [0.4, 0.5) is 0 Å². The summed E-state index contributed by atoms with van der Waals surface area (Å²) in [5.41, 5.74) is 2.10. The number of hydrogen-bond acceptors (Lipinski definition) is 5. The van der Waals surface area contributed by atoms with Gasteiger partial charge >= 0.3 is 0 Å². The molecule has 1 saturated heterocycles. The van der Waals surface area contributed by atoms with Crippen LogP contribution in [0.25, 0.3) is 0 Å². The van der Waals surface area contributed by atoms with Gasteiger partial charge in [0.25, 0.3) is 0 Å². The molecule has 2 aromatic rings. The Morgan fingerprint density at radius 2 is 1.97 bits per heavy atom. The average molecular weight is 531 g/mol. The Kier molecular flexibility index (Phi) is 10.1. The van der Waals surface area contributed by atoms with Crippen LogP contribution in [0.3, 0.4) is 0 Å². The Bertz CT molecular complexity index is 791. The number of guanidine groups is 1. The fraction of sp³-hybridized carbons (Fsp3) is 0.500. The summed E-state index contributed by atoms with van der Waals surface area (Å²) in [7, 11) is 0.919. The molecule has 7 nitrogen and oxygen atoms in total. The third-order valence-corrected chi connectivity index (χ3v) is 6.04. The number of rotatable bonds is 7. The van der Waals surface area contributed by atoms with Crippen LogP contribution < -0.4 is 5.32 Å². The number of nitrogens with one attached hydrogen (secondary N) is 1. The number of piperazine rings is 1. The maximum Gasteiger partial charge on any atom is 0.193 e. The zero-order valence-electron chi connectivity index (χ0n) is 17.0. The summed E-state index contributed by atoms with van der Waals surface area (Å²) in [5.74, 6) is 2.94. The molecule has 0 radical (unpaired) electrons. The second-order valence-electron chi connectivity index (χ2n) is 6.94. The van der Waals surface area contributed by atoms with Crippen LogP contribution in [0.2, 0.25) is 0 Å². The SMILES string of the molecule is CN=C(NCCS(=O)Cc1ccccc1)N1CCN(Cc2cc(C)on2)CC1.I. The predicted molar refractivity (Wildman–Crippen MR) is 128 cm³/mol. The summed E-state index contributed by atoms with van der Waals surface area (Å²) in [4.78, 5) is 9.02. The molecule has 0 amide bonds. The summed E-state index contributed by atoms with van der Waals surface area (Å²) < 4.78 is 17.4. The van der Waals surface area contributed by atoms with Gasteiger partial charge in [0.15, 0.2) is 5.96 Å². The van der Waals surface area contributed by atoms with Gasteiger partial charge in [0, 0.05) is 74.7 Å². The van der Waals surface area contributed by atoms with Crippen molar-refractivity contribution in [3.63, 3.8) is 0 Å². The first-order chi connectivity index (χ1) is 13.6. The zero-order valence-corrected chi connectivity index (χ0v) is 20.2. The van der Waals surface area contributed by atoms with E-state index in [1.807, 2.05) is 43.3 Å². The number of aromatic nitrogens is 1. The largest absolute Gasteiger partial charge is 0.361 e. The molecule has 0 aliphatic carbocycles. The van der Waals surface area contributed by atoms with E-state index in [4.69, 9.17) is 4.52 Å². The van der Waals surface area contributed by atoms with Gasteiger partial charge in [-0.25, -0.2) is 0 Å². The molecule has 3 rings (SSSR count). The van der Waals surface area contributed by atoms with E-state index >= 15 is 0 Å². The minimum Gasteiger partial charge on any atom is -0.361 e. The standard InChI is InChI=1S/C20H29N5O2S.HI/c1-17-14-19(23-27-17)15-24-9-11-25(12-10-24)20(21-2)22-8-13-28(26)16-18-6-4-3-5-7-18;/h3-7,14H,8-13,15-16H2,1-2H3,(H,21,22);1H. The molecular weight excluding hydrogens is 501 g/mol. The number of nitrogens with zero attached hydrogens (tertiary/aromatic N) is 4. The van der Waals surface area contributed by atoms with Gasteiger partial charge in [-0.3, -0.25) is 14.1 Å². The van der Waals surface area contributed by atoms with Crippen molar-refractivity contribution in [1.82, 2.24) is 20.3 Å². The van der Waals surface area contributed by atoms with E-state index in [0.717, 1.165) is 55.7 Å². The van der Waals surface area contributed by atoms with Crippen LogP contribution in [0.1, 0.15) is 17.0 Å². The fourth-order valence-corrected chi connectivity index (χ4v) is 4.32. The highest BCUT2D eigenvalue weighted by Crippen LogP contribution is 2.09. The van der Waals surface area contributed by atoms with E-state index in [2.05, 4.69) is 25.3 Å². The minimum absolute atomic E-state index is 0. The van der Waals surface area contributed by atoms with Crippen molar-refractivity contribution < 1.29 is 8.73 Å². The first-order valence-corrected chi connectivity index (χ1v) is 11.1. The van der Waals surface area contributed by atoms with Gasteiger partial charge in [-0.2, -0.15) is 0 Å². The molecule has 1 aliphatic rings. The maximum atomic E-state index is 12.3. The lowest BCUT2D eigenvalue weighted by molar-refractivity contribution is 0.169. The molecule has 0 spiro atoms. The van der Waals surface area contributed by atoms with Gasteiger partial charge in [0.2, 0.25) is 0 Å². The summed E-state index contributed by atoms with van der Waals surface area (Å²) in [6.45, 7) is 7.10. The molecule has 1 atom stereocenters. The first kappa shape index (κ1) is 23.8. The van der Waals surface area contributed by atoms with E-state index in [9.17, 15) is 4.21 Å². The molecule has 1 fully saturated rings. The Labute approximate surface area is 192 Å². The second-order valence-corrected chi connectivity index (χ2v) is 8.52. The highest BCUT2D eigenvalue weighted by Gasteiger charge is 2.20. The molecule has 1 aromatic carbocycles. The minimum atomic E-state index is -0.881. The van der Waals surface area contributed by atoms with E-state index in [-0.39, 0.29) is 24.0 Å². The smallest absolute Gasteiger partial charge is 0.193 e. The zero-order chi connectivity index (χ0) is 19.8. The van der Waals surface area contributed by atoms with Gasteiger partial charge in [0.05, 0.1) is 5.69 Å². The number of benzene rings is 1. The lowest BCUT2D eigenvalue weighted by Gasteiger charge is -2.36. The van der Waals surface area contributed by atoms with E-state index in [1.165, 1.54) is 0 Å². The molecule has 0 saturated carbocycles. The van der Waals surface area contributed by atoms with E-state index < -0.39 is 10.8 Å². The van der Waals surface area contributed by atoms with Gasteiger partial charge in [-0.1, -0.05) is 35.5 Å². The quantitative estimate of drug-likeness (QED) is 0.336. The van der Waals surface area contributed by atoms with Crippen LogP contribution in [-0.4, -0.2) is 70.6 Å². The van der Waals surface area contributed by atoms with Gasteiger partial charge < -0.3 is 14.7 Å². The van der Waals surface area contributed by atoms with Crippen LogP contribution in [0, 0.1) is 6.92 Å². The first-order valence-electron chi connectivity index (χ1n) is 9.63. The monoisotopic (exact) mass is 531 g/mol. The highest BCUT2D eigenvalue weighted by atomic mass is 127. The topological polar surface area (TPSA) is 74.0 Å². The van der Waals surface area contributed by atoms with Gasteiger partial charge in [-0.05, 0) is 12.5 Å². The van der Waals surface area contributed by atoms with Crippen LogP contribution in [0.5, 0.6) is 0 Å². The molecule has 1 aromatic heterocycles. The number of aliphatic imine (C=N–C) groups is 1. The Morgan fingerprint density at radius 3 is 2.59 bits per heavy atom. The Balaban J connectivity index is 0.00000300. The maximum absolute atomic E-state index is 12.3. The Morgan fingerprint density at radius 1 is 1.24 bits per heavy atom. The van der Waals surface area contributed by atoms with Gasteiger partial charge in [0.1, 0.15) is 5.76 Å². The molecule has 0 bridgehead atoms. The second kappa shape index (κ2) is 12.3. The van der Waals surface area contributed by atoms with Crippen LogP contribution in [0.15, 0.2) is 45.9 Å². The van der Waals surface area contributed by atoms with Crippen LogP contribution >= 0.6 is 24.0 Å². The molecule has 29 heavy (non-hydrogen) atoms. The van der Waals surface area contributed by atoms with Crippen molar-refractivity contribution in [3.8, 4) is 0 Å². The van der Waals surface area contributed by atoms with Gasteiger partial charge in [-0.15, -0.1) is 24.0 Å². The van der Waals surface area contributed by atoms with Crippen molar-refractivity contribution >= 4 is 40.7 Å². The fourth-order valence-electron chi connectivity index (χ4n) is 3.28.